The monoisotopic (exact) mass is 347 g/mol. The Bertz CT molecular complexity index is 827. The molecule has 3 aromatic rings. The van der Waals surface area contributed by atoms with Crippen molar-refractivity contribution in [3.63, 3.8) is 0 Å². The Kier molecular flexibility index (Phi) is 5.89. The maximum Gasteiger partial charge on any atom is 0.220 e. The summed E-state index contributed by atoms with van der Waals surface area (Å²) in [5.74, 6) is 0. The van der Waals surface area contributed by atoms with Gasteiger partial charge in [-0.3, -0.25) is 0 Å². The van der Waals surface area contributed by atoms with Gasteiger partial charge < -0.3 is 0 Å². The lowest BCUT2D eigenvalue weighted by Crippen LogP contribution is -1.96. The molecule has 2 aromatic carbocycles. The highest BCUT2D eigenvalue weighted by Gasteiger charge is 2.24. The largest absolute Gasteiger partial charge is 0.220 e. The Morgan fingerprint density at radius 1 is 0.750 bits per heavy atom. The van der Waals surface area contributed by atoms with Gasteiger partial charge in [0.05, 0.1) is 0 Å². The third kappa shape index (κ3) is 4.16. The van der Waals surface area contributed by atoms with Crippen LogP contribution in [0.25, 0.3) is 10.4 Å². The quantitative estimate of drug-likeness (QED) is 0.343. The van der Waals surface area contributed by atoms with Gasteiger partial charge in [-0.25, -0.2) is 0 Å². The van der Waals surface area contributed by atoms with Crippen LogP contribution in [0.15, 0.2) is 118 Å². The summed E-state index contributed by atoms with van der Waals surface area (Å²) in [5.41, 5.74) is 1.28. The van der Waals surface area contributed by atoms with Gasteiger partial charge in [0.25, 0.3) is 0 Å². The summed E-state index contributed by atoms with van der Waals surface area (Å²) >= 11 is 1.87. The van der Waals surface area contributed by atoms with Crippen LogP contribution in [0.2, 0.25) is 0 Å². The second-order valence-electron chi connectivity index (χ2n) is 5.08. The standard InChI is InChI=1S/C22H19S2/c1-2-3-4-11-18-24(20-14-9-6-10-15-20)22-17-16-21(23-22)19-12-7-5-8-13-19/h2-18H,1H2/q+1/b4-3-,18-11+. The Morgan fingerprint density at radius 3 is 2.17 bits per heavy atom. The van der Waals surface area contributed by atoms with Crippen molar-refractivity contribution in [3.05, 3.63) is 109 Å². The van der Waals surface area contributed by atoms with Gasteiger partial charge in [-0.15, -0.1) is 0 Å². The van der Waals surface area contributed by atoms with Gasteiger partial charge in [-0.1, -0.05) is 84.7 Å². The fraction of sp³-hybridized carbons (Fsp3) is 0. The van der Waals surface area contributed by atoms with Crippen molar-refractivity contribution in [2.45, 2.75) is 9.10 Å². The fourth-order valence-electron chi connectivity index (χ4n) is 2.29. The van der Waals surface area contributed by atoms with Crippen molar-refractivity contribution in [1.29, 1.82) is 0 Å². The highest BCUT2D eigenvalue weighted by Crippen LogP contribution is 2.35. The Labute approximate surface area is 150 Å². The minimum atomic E-state index is -0.0552. The molecule has 0 N–H and O–H groups in total. The highest BCUT2D eigenvalue weighted by atomic mass is 32.2. The molecule has 0 saturated carbocycles. The van der Waals surface area contributed by atoms with E-state index in [-0.39, 0.29) is 10.9 Å². The Hall–Kier alpha value is -2.29. The van der Waals surface area contributed by atoms with E-state index in [4.69, 9.17) is 0 Å². The van der Waals surface area contributed by atoms with E-state index in [9.17, 15) is 0 Å². The van der Waals surface area contributed by atoms with E-state index in [0.29, 0.717) is 0 Å². The van der Waals surface area contributed by atoms with Gasteiger partial charge in [0.1, 0.15) is 16.3 Å². The zero-order valence-electron chi connectivity index (χ0n) is 13.3. The highest BCUT2D eigenvalue weighted by molar-refractivity contribution is 8.01. The van der Waals surface area contributed by atoms with Gasteiger partial charge in [0.15, 0.2) is 4.90 Å². The predicted molar refractivity (Wildman–Crippen MR) is 109 cm³/mol. The molecule has 1 aromatic heterocycles. The van der Waals surface area contributed by atoms with Crippen LogP contribution in [0.5, 0.6) is 0 Å². The molecule has 1 unspecified atom stereocenters. The molecule has 0 aliphatic rings. The summed E-state index contributed by atoms with van der Waals surface area (Å²) in [6.07, 6.45) is 7.89. The smallest absolute Gasteiger partial charge is 0.0991 e. The van der Waals surface area contributed by atoms with Crippen molar-refractivity contribution in [2.75, 3.05) is 0 Å². The number of rotatable bonds is 6. The van der Waals surface area contributed by atoms with E-state index in [1.54, 1.807) is 6.08 Å². The molecular weight excluding hydrogens is 328 g/mol. The summed E-state index contributed by atoms with van der Waals surface area (Å²) in [7, 11) is -0.0552. The average molecular weight is 348 g/mol. The summed E-state index contributed by atoms with van der Waals surface area (Å²) in [5, 5.41) is 2.27. The fourth-order valence-corrected chi connectivity index (χ4v) is 5.55. The molecule has 0 nitrogen and oxygen atoms in total. The van der Waals surface area contributed by atoms with Crippen molar-refractivity contribution in [3.8, 4) is 10.4 Å². The lowest BCUT2D eigenvalue weighted by molar-refractivity contribution is 1.44. The van der Waals surface area contributed by atoms with Crippen molar-refractivity contribution in [1.82, 2.24) is 0 Å². The lowest BCUT2D eigenvalue weighted by Gasteiger charge is -2.00. The number of allylic oxidation sites excluding steroid dienone is 4. The molecule has 3 rings (SSSR count). The number of hydrogen-bond acceptors (Lipinski definition) is 1. The summed E-state index contributed by atoms with van der Waals surface area (Å²) in [6.45, 7) is 3.71. The minimum absolute atomic E-state index is 0.0552. The molecular formula is C22H19S2+. The van der Waals surface area contributed by atoms with Gasteiger partial charge in [0.2, 0.25) is 4.21 Å². The molecule has 0 aliphatic carbocycles. The van der Waals surface area contributed by atoms with E-state index in [1.165, 1.54) is 19.5 Å². The SMILES string of the molecule is C=C/C=C\C=C\[S+](c1ccccc1)c1ccc(-c2ccccc2)s1. The zero-order valence-corrected chi connectivity index (χ0v) is 15.0. The molecule has 118 valence electrons. The molecule has 0 amide bonds. The van der Waals surface area contributed by atoms with Crippen molar-refractivity contribution in [2.24, 2.45) is 0 Å². The second kappa shape index (κ2) is 8.53. The van der Waals surface area contributed by atoms with Gasteiger partial charge in [0, 0.05) is 10.9 Å². The van der Waals surface area contributed by atoms with E-state index in [2.05, 4.69) is 90.9 Å². The summed E-state index contributed by atoms with van der Waals surface area (Å²) in [4.78, 5) is 2.65. The molecule has 0 aliphatic heterocycles. The van der Waals surface area contributed by atoms with Crippen LogP contribution < -0.4 is 0 Å². The number of thiophene rings is 1. The van der Waals surface area contributed by atoms with Crippen LogP contribution in [0.3, 0.4) is 0 Å². The van der Waals surface area contributed by atoms with E-state index < -0.39 is 0 Å². The third-order valence-electron chi connectivity index (χ3n) is 3.43. The third-order valence-corrected chi connectivity index (χ3v) is 6.92. The maximum absolute atomic E-state index is 3.71. The molecule has 0 fully saturated rings. The maximum atomic E-state index is 3.71. The molecule has 0 saturated heterocycles. The predicted octanol–water partition coefficient (Wildman–Crippen LogP) is 6.71. The van der Waals surface area contributed by atoms with E-state index in [1.807, 2.05) is 23.5 Å². The molecule has 1 atom stereocenters. The van der Waals surface area contributed by atoms with Crippen LogP contribution in [0.4, 0.5) is 0 Å². The van der Waals surface area contributed by atoms with Gasteiger partial charge in [-0.2, -0.15) is 0 Å². The first-order chi connectivity index (χ1) is 11.9. The van der Waals surface area contributed by atoms with E-state index in [0.717, 1.165) is 0 Å². The lowest BCUT2D eigenvalue weighted by atomic mass is 10.2. The summed E-state index contributed by atoms with van der Waals surface area (Å²) < 4.78 is 1.38. The average Bonchev–Trinajstić information content (AvgIpc) is 3.13. The van der Waals surface area contributed by atoms with Crippen molar-refractivity contribution >= 4 is 22.2 Å². The van der Waals surface area contributed by atoms with Gasteiger partial charge >= 0.3 is 0 Å². The number of hydrogen-bond donors (Lipinski definition) is 0. The molecule has 0 bridgehead atoms. The molecule has 0 spiro atoms. The summed E-state index contributed by atoms with van der Waals surface area (Å²) in [6, 6.07) is 25.7. The minimum Gasteiger partial charge on any atom is -0.0991 e. The first-order valence-electron chi connectivity index (χ1n) is 7.78. The van der Waals surface area contributed by atoms with Crippen LogP contribution in [-0.4, -0.2) is 0 Å². The van der Waals surface area contributed by atoms with Gasteiger partial charge in [-0.05, 0) is 29.8 Å². The first kappa shape index (κ1) is 16.6. The molecule has 2 heteroatoms. The van der Waals surface area contributed by atoms with Crippen LogP contribution in [0.1, 0.15) is 0 Å². The Morgan fingerprint density at radius 2 is 1.46 bits per heavy atom. The van der Waals surface area contributed by atoms with Crippen LogP contribution in [0, 0.1) is 0 Å². The normalized spacial score (nSPS) is 12.7. The second-order valence-corrected chi connectivity index (χ2v) is 8.29. The van der Waals surface area contributed by atoms with Crippen LogP contribution in [-0.2, 0) is 10.9 Å². The Balaban J connectivity index is 1.94. The topological polar surface area (TPSA) is 0 Å². The van der Waals surface area contributed by atoms with E-state index >= 15 is 0 Å². The molecule has 1 heterocycles. The zero-order chi connectivity index (χ0) is 16.6. The van der Waals surface area contributed by atoms with Crippen LogP contribution >= 0.6 is 11.3 Å². The number of benzene rings is 2. The first-order valence-corrected chi connectivity index (χ1v) is 9.88. The molecule has 0 radical (unpaired) electrons. The molecule has 24 heavy (non-hydrogen) atoms. The van der Waals surface area contributed by atoms with Crippen molar-refractivity contribution < 1.29 is 0 Å².